The van der Waals surface area contributed by atoms with Crippen LogP contribution in [0.25, 0.3) is 0 Å². The lowest BCUT2D eigenvalue weighted by molar-refractivity contribution is 0.203. The van der Waals surface area contributed by atoms with Crippen LogP contribution >= 0.6 is 0 Å². The molecule has 1 aliphatic carbocycles. The summed E-state index contributed by atoms with van der Waals surface area (Å²) < 4.78 is 1.80. The molecule has 2 fully saturated rings. The molecule has 0 radical (unpaired) electrons. The van der Waals surface area contributed by atoms with E-state index in [2.05, 4.69) is 25.3 Å². The molecule has 3 rings (SSSR count). The second-order valence-electron chi connectivity index (χ2n) is 6.43. The number of nitrogens with one attached hydrogen (secondary N) is 1. The molecule has 1 saturated heterocycles. The van der Waals surface area contributed by atoms with Crippen LogP contribution in [0, 0.1) is 5.41 Å². The van der Waals surface area contributed by atoms with E-state index >= 15 is 0 Å². The van der Waals surface area contributed by atoms with Gasteiger partial charge in [-0.3, -0.25) is 9.67 Å². The third-order valence-corrected chi connectivity index (χ3v) is 5.07. The first kappa shape index (κ1) is 14.4. The first-order valence-corrected chi connectivity index (χ1v) is 8.01. The van der Waals surface area contributed by atoms with E-state index in [0.29, 0.717) is 12.0 Å². The summed E-state index contributed by atoms with van der Waals surface area (Å²) in [5.74, 6) is 1.93. The van der Waals surface area contributed by atoms with Crippen LogP contribution in [-0.4, -0.2) is 45.8 Å². The SMILES string of the molecule is CN=C(NCc1ncnn1C)N1CCC2(CCCCC2)C1. The number of nitrogens with zero attached hydrogens (tertiary/aromatic N) is 5. The molecule has 1 aliphatic heterocycles. The summed E-state index contributed by atoms with van der Waals surface area (Å²) >= 11 is 0. The van der Waals surface area contributed by atoms with Crippen LogP contribution in [0.4, 0.5) is 0 Å². The zero-order valence-electron chi connectivity index (χ0n) is 13.2. The van der Waals surface area contributed by atoms with Gasteiger partial charge in [0, 0.05) is 27.2 Å². The molecule has 1 aromatic rings. The lowest BCUT2D eigenvalue weighted by Gasteiger charge is -2.33. The van der Waals surface area contributed by atoms with Crippen molar-refractivity contribution in [3.05, 3.63) is 12.2 Å². The third-order valence-electron chi connectivity index (χ3n) is 5.07. The minimum Gasteiger partial charge on any atom is -0.349 e. The predicted octanol–water partition coefficient (Wildman–Crippen LogP) is 1.55. The van der Waals surface area contributed by atoms with Crippen molar-refractivity contribution in [2.45, 2.75) is 45.1 Å². The van der Waals surface area contributed by atoms with Gasteiger partial charge in [-0.1, -0.05) is 19.3 Å². The summed E-state index contributed by atoms with van der Waals surface area (Å²) in [6.07, 6.45) is 9.91. The molecular weight excluding hydrogens is 264 g/mol. The van der Waals surface area contributed by atoms with Crippen molar-refractivity contribution in [1.29, 1.82) is 0 Å². The van der Waals surface area contributed by atoms with Gasteiger partial charge < -0.3 is 10.2 Å². The van der Waals surface area contributed by atoms with E-state index in [4.69, 9.17) is 0 Å². The van der Waals surface area contributed by atoms with Gasteiger partial charge in [-0.25, -0.2) is 4.98 Å². The molecule has 1 saturated carbocycles. The molecule has 0 aromatic carbocycles. The minimum absolute atomic E-state index is 0.556. The Kier molecular flexibility index (Phi) is 4.12. The predicted molar refractivity (Wildman–Crippen MR) is 82.9 cm³/mol. The summed E-state index contributed by atoms with van der Waals surface area (Å²) in [6.45, 7) is 2.96. The molecule has 2 heterocycles. The van der Waals surface area contributed by atoms with Gasteiger partial charge in [-0.15, -0.1) is 0 Å². The topological polar surface area (TPSA) is 58.3 Å². The summed E-state index contributed by atoms with van der Waals surface area (Å²) in [6, 6.07) is 0. The van der Waals surface area contributed by atoms with Crippen molar-refractivity contribution in [3.8, 4) is 0 Å². The van der Waals surface area contributed by atoms with Gasteiger partial charge in [0.1, 0.15) is 12.2 Å². The fourth-order valence-electron chi connectivity index (χ4n) is 3.80. The van der Waals surface area contributed by atoms with Crippen molar-refractivity contribution in [1.82, 2.24) is 25.0 Å². The van der Waals surface area contributed by atoms with Crippen LogP contribution < -0.4 is 5.32 Å². The molecular formula is C15H26N6. The van der Waals surface area contributed by atoms with Crippen LogP contribution in [-0.2, 0) is 13.6 Å². The highest BCUT2D eigenvalue weighted by molar-refractivity contribution is 5.80. The van der Waals surface area contributed by atoms with Crippen molar-refractivity contribution in [3.63, 3.8) is 0 Å². The first-order valence-electron chi connectivity index (χ1n) is 8.01. The molecule has 0 bridgehead atoms. The largest absolute Gasteiger partial charge is 0.349 e. The lowest BCUT2D eigenvalue weighted by atomic mass is 9.73. The van der Waals surface area contributed by atoms with Crippen molar-refractivity contribution < 1.29 is 0 Å². The van der Waals surface area contributed by atoms with E-state index in [1.807, 2.05) is 14.1 Å². The fourth-order valence-corrected chi connectivity index (χ4v) is 3.80. The van der Waals surface area contributed by atoms with Gasteiger partial charge in [0.25, 0.3) is 0 Å². The molecule has 0 atom stereocenters. The van der Waals surface area contributed by atoms with E-state index in [0.717, 1.165) is 24.9 Å². The van der Waals surface area contributed by atoms with Crippen LogP contribution in [0.5, 0.6) is 0 Å². The highest BCUT2D eigenvalue weighted by Gasteiger charge is 2.39. The average Bonchev–Trinajstić information content (AvgIpc) is 3.08. The Morgan fingerprint density at radius 1 is 1.33 bits per heavy atom. The van der Waals surface area contributed by atoms with Gasteiger partial charge in [0.15, 0.2) is 5.96 Å². The van der Waals surface area contributed by atoms with E-state index in [9.17, 15) is 0 Å². The van der Waals surface area contributed by atoms with Gasteiger partial charge in [-0.05, 0) is 24.7 Å². The van der Waals surface area contributed by atoms with Crippen molar-refractivity contribution in [2.24, 2.45) is 17.5 Å². The minimum atomic E-state index is 0.556. The van der Waals surface area contributed by atoms with Gasteiger partial charge in [-0.2, -0.15) is 5.10 Å². The number of rotatable bonds is 2. The molecule has 21 heavy (non-hydrogen) atoms. The number of guanidine groups is 1. The molecule has 1 N–H and O–H groups in total. The maximum atomic E-state index is 4.45. The van der Waals surface area contributed by atoms with Crippen molar-refractivity contribution >= 4 is 5.96 Å². The Labute approximate surface area is 126 Å². The zero-order valence-corrected chi connectivity index (χ0v) is 13.2. The summed E-state index contributed by atoms with van der Waals surface area (Å²) in [5, 5.41) is 7.53. The molecule has 1 aromatic heterocycles. The summed E-state index contributed by atoms with van der Waals surface area (Å²) in [7, 11) is 3.78. The third kappa shape index (κ3) is 3.04. The monoisotopic (exact) mass is 290 g/mol. The van der Waals surface area contributed by atoms with Crippen LogP contribution in [0.1, 0.15) is 44.3 Å². The number of aryl methyl sites for hydroxylation is 1. The highest BCUT2D eigenvalue weighted by Crippen LogP contribution is 2.43. The molecule has 6 heteroatoms. The number of likely N-dealkylation sites (tertiary alicyclic amines) is 1. The number of aromatic nitrogens is 3. The zero-order chi connectivity index (χ0) is 14.7. The van der Waals surface area contributed by atoms with Crippen LogP contribution in [0.15, 0.2) is 11.3 Å². The molecule has 2 aliphatic rings. The second-order valence-corrected chi connectivity index (χ2v) is 6.43. The molecule has 6 nitrogen and oxygen atoms in total. The highest BCUT2D eigenvalue weighted by atomic mass is 15.3. The van der Waals surface area contributed by atoms with Crippen LogP contribution in [0.2, 0.25) is 0 Å². The Morgan fingerprint density at radius 2 is 2.14 bits per heavy atom. The number of hydrogen-bond acceptors (Lipinski definition) is 3. The Bertz CT molecular complexity index is 500. The first-order chi connectivity index (χ1) is 10.2. The van der Waals surface area contributed by atoms with E-state index in [-0.39, 0.29) is 0 Å². The summed E-state index contributed by atoms with van der Waals surface area (Å²) in [4.78, 5) is 11.1. The van der Waals surface area contributed by atoms with Crippen LogP contribution in [0.3, 0.4) is 0 Å². The van der Waals surface area contributed by atoms with E-state index in [1.54, 1.807) is 11.0 Å². The fraction of sp³-hybridized carbons (Fsp3) is 0.800. The Hall–Kier alpha value is -1.59. The Balaban J connectivity index is 1.58. The van der Waals surface area contributed by atoms with Crippen molar-refractivity contribution in [2.75, 3.05) is 20.1 Å². The van der Waals surface area contributed by atoms with E-state index in [1.165, 1.54) is 38.5 Å². The quantitative estimate of drug-likeness (QED) is 0.663. The lowest BCUT2D eigenvalue weighted by Crippen LogP contribution is -2.41. The summed E-state index contributed by atoms with van der Waals surface area (Å²) in [5.41, 5.74) is 0.556. The van der Waals surface area contributed by atoms with Gasteiger partial charge >= 0.3 is 0 Å². The standard InChI is InChI=1S/C15H26N6/c1-16-14(17-10-13-18-12-19-20(13)2)21-9-8-15(11-21)6-4-3-5-7-15/h12H,3-11H2,1-2H3,(H,16,17). The Morgan fingerprint density at radius 3 is 2.81 bits per heavy atom. The van der Waals surface area contributed by atoms with Gasteiger partial charge in [0.2, 0.25) is 0 Å². The van der Waals surface area contributed by atoms with Gasteiger partial charge in [0.05, 0.1) is 6.54 Å². The normalized spacial score (nSPS) is 22.0. The number of aliphatic imine (C=N–C) groups is 1. The van der Waals surface area contributed by atoms with E-state index < -0.39 is 0 Å². The maximum absolute atomic E-state index is 4.45. The number of hydrogen-bond donors (Lipinski definition) is 1. The molecule has 116 valence electrons. The smallest absolute Gasteiger partial charge is 0.194 e. The molecule has 1 spiro atoms. The maximum Gasteiger partial charge on any atom is 0.194 e. The molecule has 0 unspecified atom stereocenters. The molecule has 0 amide bonds. The second kappa shape index (κ2) is 6.03. The average molecular weight is 290 g/mol.